The number of rotatable bonds is 7. The highest BCUT2D eigenvalue weighted by molar-refractivity contribution is 6.00. The molecule has 12 heteroatoms. The van der Waals surface area contributed by atoms with Crippen molar-refractivity contribution >= 4 is 22.9 Å². The number of carbonyl (C=O) groups excluding carboxylic acids is 1. The first-order valence-corrected chi connectivity index (χ1v) is 10.3. The van der Waals surface area contributed by atoms with Gasteiger partial charge in [0.05, 0.1) is 58.3 Å². The van der Waals surface area contributed by atoms with Crippen LogP contribution in [0.5, 0.6) is 0 Å². The van der Waals surface area contributed by atoms with Crippen molar-refractivity contribution in [2.45, 2.75) is 25.6 Å². The normalized spacial score (nSPS) is 12.4. The largest absolute Gasteiger partial charge is 0.387 e. The van der Waals surface area contributed by atoms with Crippen LogP contribution in [0.2, 0.25) is 0 Å². The van der Waals surface area contributed by atoms with Crippen LogP contribution in [0.1, 0.15) is 29.8 Å². The van der Waals surface area contributed by atoms with E-state index in [0.29, 0.717) is 34.0 Å². The van der Waals surface area contributed by atoms with E-state index >= 15 is 0 Å². The van der Waals surface area contributed by atoms with Gasteiger partial charge in [0.25, 0.3) is 5.91 Å². The number of aliphatic hydroxyl groups is 1. The van der Waals surface area contributed by atoms with Crippen molar-refractivity contribution in [2.24, 2.45) is 7.05 Å². The zero-order valence-electron chi connectivity index (χ0n) is 18.7. The molecule has 0 bridgehead atoms. The number of alkyl halides is 1. The van der Waals surface area contributed by atoms with Crippen molar-refractivity contribution in [3.8, 4) is 17.5 Å². The summed E-state index contributed by atoms with van der Waals surface area (Å²) >= 11 is 0. The van der Waals surface area contributed by atoms with E-state index in [0.717, 1.165) is 0 Å². The number of halogens is 1. The fourth-order valence-corrected chi connectivity index (χ4v) is 3.20. The third kappa shape index (κ3) is 4.69. The summed E-state index contributed by atoms with van der Waals surface area (Å²) in [5.41, 5.74) is 1.20. The molecule has 0 saturated carbocycles. The first-order chi connectivity index (χ1) is 16.2. The van der Waals surface area contributed by atoms with E-state index in [1.165, 1.54) is 30.9 Å². The third-order valence-electron chi connectivity index (χ3n) is 5.11. The summed E-state index contributed by atoms with van der Waals surface area (Å²) in [7, 11) is 1.70. The number of fused-ring (bicyclic) bond motifs is 1. The summed E-state index contributed by atoms with van der Waals surface area (Å²) in [5, 5.41) is 36.6. The average molecular weight is 463 g/mol. The molecule has 1 unspecified atom stereocenters. The summed E-state index contributed by atoms with van der Waals surface area (Å²) in [6.07, 6.45) is 2.79. The standard InChI is InChI=1S/C22H22FN9O2/c1-22(2,34)19(23)11-26-21(33)15-10-25-17(7-16(15)28-20-12-31(3)30-29-20)18-5-4-14-6-13(8-24)9-27-32(14)18/h4-7,9-10,12,19,34H,11H2,1-3H3,(H,25,28)(H,26,33). The Hall–Kier alpha value is -4.37. The lowest BCUT2D eigenvalue weighted by atomic mass is 10.0. The maximum Gasteiger partial charge on any atom is 0.255 e. The zero-order valence-corrected chi connectivity index (χ0v) is 18.7. The minimum absolute atomic E-state index is 0.151. The third-order valence-corrected chi connectivity index (χ3v) is 5.11. The van der Waals surface area contributed by atoms with Crippen LogP contribution in [0.3, 0.4) is 0 Å². The smallest absolute Gasteiger partial charge is 0.255 e. The van der Waals surface area contributed by atoms with Crippen LogP contribution in [0.25, 0.3) is 16.9 Å². The quantitative estimate of drug-likeness (QED) is 0.377. The van der Waals surface area contributed by atoms with Gasteiger partial charge in [-0.2, -0.15) is 10.4 Å². The van der Waals surface area contributed by atoms with Crippen molar-refractivity contribution in [1.29, 1.82) is 5.26 Å². The molecule has 4 aromatic rings. The zero-order chi connectivity index (χ0) is 24.5. The Labute approximate surface area is 193 Å². The summed E-state index contributed by atoms with van der Waals surface area (Å²) < 4.78 is 17.3. The lowest BCUT2D eigenvalue weighted by molar-refractivity contribution is -0.00177. The van der Waals surface area contributed by atoms with Gasteiger partial charge < -0.3 is 15.7 Å². The minimum atomic E-state index is -1.66. The number of aryl methyl sites for hydroxylation is 1. The molecule has 0 aromatic carbocycles. The molecule has 11 nitrogen and oxygen atoms in total. The van der Waals surface area contributed by atoms with Gasteiger partial charge in [-0.1, -0.05) is 5.21 Å². The highest BCUT2D eigenvalue weighted by atomic mass is 19.1. The van der Waals surface area contributed by atoms with E-state index in [-0.39, 0.29) is 12.1 Å². The molecule has 0 radical (unpaired) electrons. The molecule has 0 aliphatic carbocycles. The molecule has 0 aliphatic rings. The summed E-state index contributed by atoms with van der Waals surface area (Å²) in [6.45, 7) is 2.29. The highest BCUT2D eigenvalue weighted by Crippen LogP contribution is 2.27. The lowest BCUT2D eigenvalue weighted by Crippen LogP contribution is -2.42. The van der Waals surface area contributed by atoms with Crippen LogP contribution in [-0.2, 0) is 7.05 Å². The summed E-state index contributed by atoms with van der Waals surface area (Å²) in [4.78, 5) is 17.3. The Bertz CT molecular complexity index is 1400. The number of hydrogen-bond donors (Lipinski definition) is 3. The van der Waals surface area contributed by atoms with Gasteiger partial charge in [-0.15, -0.1) is 5.10 Å². The van der Waals surface area contributed by atoms with Crippen molar-refractivity contribution in [3.63, 3.8) is 0 Å². The van der Waals surface area contributed by atoms with Crippen molar-refractivity contribution < 1.29 is 14.3 Å². The molecular formula is C22H22FN9O2. The molecule has 0 spiro atoms. The molecule has 0 saturated heterocycles. The number of carbonyl (C=O) groups is 1. The van der Waals surface area contributed by atoms with Crippen LogP contribution < -0.4 is 10.6 Å². The first kappa shape index (κ1) is 22.8. The number of anilines is 2. The molecule has 174 valence electrons. The molecule has 34 heavy (non-hydrogen) atoms. The van der Waals surface area contributed by atoms with E-state index in [2.05, 4.69) is 37.1 Å². The Morgan fingerprint density at radius 2 is 2.12 bits per heavy atom. The number of hydrogen-bond acceptors (Lipinski definition) is 8. The van der Waals surface area contributed by atoms with Gasteiger partial charge in [-0.25, -0.2) is 8.91 Å². The van der Waals surface area contributed by atoms with Gasteiger partial charge >= 0.3 is 0 Å². The Balaban J connectivity index is 1.70. The van der Waals surface area contributed by atoms with Gasteiger partial charge in [0.1, 0.15) is 12.2 Å². The summed E-state index contributed by atoms with van der Waals surface area (Å²) in [5.74, 6) is -0.181. The molecule has 0 fully saturated rings. The van der Waals surface area contributed by atoms with E-state index in [1.807, 2.05) is 0 Å². The van der Waals surface area contributed by atoms with Crippen LogP contribution in [0, 0.1) is 11.3 Å². The fraction of sp³-hybridized carbons (Fsp3) is 0.273. The SMILES string of the molecule is Cn1cc(Nc2cc(-c3ccc4cc(C#N)cnn34)ncc2C(=O)NCC(F)C(C)(C)O)nn1. The van der Waals surface area contributed by atoms with E-state index in [1.54, 1.807) is 42.0 Å². The van der Waals surface area contributed by atoms with Crippen LogP contribution in [0.15, 0.2) is 42.9 Å². The molecule has 1 atom stereocenters. The lowest BCUT2D eigenvalue weighted by Gasteiger charge is -2.22. The topological polar surface area (TPSA) is 146 Å². The molecule has 4 heterocycles. The van der Waals surface area contributed by atoms with Crippen molar-refractivity contribution in [3.05, 3.63) is 54.0 Å². The fourth-order valence-electron chi connectivity index (χ4n) is 3.20. The Morgan fingerprint density at radius 1 is 1.32 bits per heavy atom. The number of aromatic nitrogens is 6. The van der Waals surface area contributed by atoms with Crippen molar-refractivity contribution in [1.82, 2.24) is 34.9 Å². The van der Waals surface area contributed by atoms with E-state index < -0.39 is 17.7 Å². The Kier molecular flexibility index (Phi) is 5.95. The molecule has 4 aromatic heterocycles. The van der Waals surface area contributed by atoms with Gasteiger partial charge in [0.2, 0.25) is 0 Å². The maximum absolute atomic E-state index is 14.1. The monoisotopic (exact) mass is 463 g/mol. The molecule has 0 aliphatic heterocycles. The van der Waals surface area contributed by atoms with Gasteiger partial charge in [0, 0.05) is 13.2 Å². The van der Waals surface area contributed by atoms with Crippen LogP contribution in [-0.4, -0.2) is 58.9 Å². The highest BCUT2D eigenvalue weighted by Gasteiger charge is 2.27. The molecule has 3 N–H and O–H groups in total. The average Bonchev–Trinajstić information content (AvgIpc) is 3.41. The Morgan fingerprint density at radius 3 is 2.79 bits per heavy atom. The van der Waals surface area contributed by atoms with Crippen LogP contribution >= 0.6 is 0 Å². The van der Waals surface area contributed by atoms with E-state index in [4.69, 9.17) is 5.26 Å². The van der Waals surface area contributed by atoms with Gasteiger partial charge in [-0.3, -0.25) is 14.5 Å². The summed E-state index contributed by atoms with van der Waals surface area (Å²) in [6, 6.07) is 9.01. The minimum Gasteiger partial charge on any atom is -0.387 e. The second kappa shape index (κ2) is 8.87. The molecular weight excluding hydrogens is 441 g/mol. The first-order valence-electron chi connectivity index (χ1n) is 10.3. The van der Waals surface area contributed by atoms with Gasteiger partial charge in [-0.05, 0) is 38.1 Å². The number of pyridine rings is 1. The second-order valence-corrected chi connectivity index (χ2v) is 8.26. The number of nitriles is 1. The molecule has 1 amide bonds. The number of nitrogens with zero attached hydrogens (tertiary/aromatic N) is 7. The van der Waals surface area contributed by atoms with Crippen molar-refractivity contribution in [2.75, 3.05) is 11.9 Å². The number of nitrogens with one attached hydrogen (secondary N) is 2. The maximum atomic E-state index is 14.1. The van der Waals surface area contributed by atoms with Gasteiger partial charge in [0.15, 0.2) is 5.82 Å². The van der Waals surface area contributed by atoms with Crippen LogP contribution in [0.4, 0.5) is 15.9 Å². The molecule has 4 rings (SSSR count). The predicted molar refractivity (Wildman–Crippen MR) is 121 cm³/mol. The predicted octanol–water partition coefficient (Wildman–Crippen LogP) is 1.98. The van der Waals surface area contributed by atoms with E-state index in [9.17, 15) is 14.3 Å². The number of amides is 1. The second-order valence-electron chi connectivity index (χ2n) is 8.26.